The lowest BCUT2D eigenvalue weighted by Gasteiger charge is -2.27. The van der Waals surface area contributed by atoms with Crippen molar-refractivity contribution in [3.05, 3.63) is 48.4 Å². The number of ether oxygens (including phenoxy) is 2. The van der Waals surface area contributed by atoms with E-state index in [1.54, 1.807) is 36.4 Å². The van der Waals surface area contributed by atoms with Gasteiger partial charge in [0.05, 0.1) is 19.0 Å². The Bertz CT molecular complexity index is 991. The Morgan fingerprint density at radius 3 is 2.17 bits per heavy atom. The maximum atomic E-state index is 13.3. The third-order valence-electron chi connectivity index (χ3n) is 4.68. The molecule has 9 heteroatoms. The lowest BCUT2D eigenvalue weighted by Crippen LogP contribution is -2.28. The summed E-state index contributed by atoms with van der Waals surface area (Å²) in [5.74, 6) is -0.222. The van der Waals surface area contributed by atoms with E-state index in [-0.39, 0.29) is 17.3 Å². The van der Waals surface area contributed by atoms with Gasteiger partial charge in [-0.3, -0.25) is 0 Å². The molecule has 2 aromatic heterocycles. The minimum atomic E-state index is -4.68. The first-order valence-corrected chi connectivity index (χ1v) is 9.31. The Morgan fingerprint density at radius 1 is 1.00 bits per heavy atom. The van der Waals surface area contributed by atoms with Crippen molar-refractivity contribution in [3.63, 3.8) is 0 Å². The minimum absolute atomic E-state index is 0.0460. The predicted octanol–water partition coefficient (Wildman–Crippen LogP) is 5.17. The largest absolute Gasteiger partial charge is 0.490 e. The number of hydrogen-bond acceptors (Lipinski definition) is 5. The normalized spacial score (nSPS) is 13.2. The van der Waals surface area contributed by atoms with Gasteiger partial charge < -0.3 is 9.47 Å². The highest BCUT2D eigenvalue weighted by atomic mass is 19.4. The fourth-order valence-electron chi connectivity index (χ4n) is 2.48. The molecule has 0 saturated heterocycles. The number of aromatic nitrogens is 4. The van der Waals surface area contributed by atoms with Gasteiger partial charge >= 0.3 is 6.18 Å². The second-order valence-electron chi connectivity index (χ2n) is 7.88. The average molecular weight is 420 g/mol. The lowest BCUT2D eigenvalue weighted by molar-refractivity contribution is -0.144. The van der Waals surface area contributed by atoms with Gasteiger partial charge in [-0.25, -0.2) is 14.6 Å². The quantitative estimate of drug-likeness (QED) is 0.570. The highest BCUT2D eigenvalue weighted by Crippen LogP contribution is 2.32. The molecule has 160 valence electrons. The molecule has 3 aromatic rings. The average Bonchev–Trinajstić information content (AvgIpc) is 3.14. The van der Waals surface area contributed by atoms with Gasteiger partial charge in [-0.1, -0.05) is 20.8 Å². The fraction of sp³-hybridized carbons (Fsp3) is 0.381. The van der Waals surface area contributed by atoms with E-state index in [4.69, 9.17) is 9.47 Å². The maximum Gasteiger partial charge on any atom is 0.453 e. The highest BCUT2D eigenvalue weighted by molar-refractivity contribution is 5.59. The van der Waals surface area contributed by atoms with Crippen molar-refractivity contribution in [2.75, 3.05) is 7.11 Å². The SMILES string of the molecule is COc1ccc(-n2nc(C(F)(F)F)nc2-c2ccc(OC(C)C(C)(C)C)cc2)cn1. The second kappa shape index (κ2) is 7.97. The molecule has 3 rings (SSSR count). The number of hydrogen-bond donors (Lipinski definition) is 0. The molecular weight excluding hydrogens is 397 g/mol. The van der Waals surface area contributed by atoms with E-state index >= 15 is 0 Å². The van der Waals surface area contributed by atoms with Crippen molar-refractivity contribution in [2.45, 2.75) is 40.0 Å². The number of methoxy groups -OCH3 is 1. The van der Waals surface area contributed by atoms with Gasteiger partial charge in [-0.05, 0) is 42.7 Å². The molecule has 0 amide bonds. The van der Waals surface area contributed by atoms with Crippen molar-refractivity contribution in [1.29, 1.82) is 0 Å². The summed E-state index contributed by atoms with van der Waals surface area (Å²) < 4.78 is 51.8. The van der Waals surface area contributed by atoms with Crippen LogP contribution in [0, 0.1) is 5.41 Å². The van der Waals surface area contributed by atoms with E-state index in [1.165, 1.54) is 13.3 Å². The van der Waals surface area contributed by atoms with E-state index in [0.29, 0.717) is 22.9 Å². The summed E-state index contributed by atoms with van der Waals surface area (Å²) in [5.41, 5.74) is 0.738. The van der Waals surface area contributed by atoms with Gasteiger partial charge in [0.1, 0.15) is 11.9 Å². The first-order valence-electron chi connectivity index (χ1n) is 9.31. The van der Waals surface area contributed by atoms with Crippen LogP contribution in [0.2, 0.25) is 0 Å². The number of rotatable bonds is 5. The molecule has 1 unspecified atom stereocenters. The zero-order chi connectivity index (χ0) is 22.1. The van der Waals surface area contributed by atoms with Gasteiger partial charge in [-0.15, -0.1) is 5.10 Å². The first kappa shape index (κ1) is 21.6. The standard InChI is InChI=1S/C21H23F3N4O2/c1-13(20(2,3)4)30-16-9-6-14(7-10-16)18-26-19(21(22,23)24)27-28(18)15-8-11-17(29-5)25-12-15/h6-13H,1-5H3. The molecule has 1 atom stereocenters. The molecule has 0 aliphatic rings. The molecule has 0 spiro atoms. The molecule has 6 nitrogen and oxygen atoms in total. The Hall–Kier alpha value is -3.10. The summed E-state index contributed by atoms with van der Waals surface area (Å²) in [6, 6.07) is 9.82. The molecule has 0 bridgehead atoms. The van der Waals surface area contributed by atoms with Crippen LogP contribution in [-0.4, -0.2) is 33.0 Å². The molecule has 1 aromatic carbocycles. The number of nitrogens with zero attached hydrogens (tertiary/aromatic N) is 4. The number of halogens is 3. The monoisotopic (exact) mass is 420 g/mol. The number of pyridine rings is 1. The molecular formula is C21H23F3N4O2. The van der Waals surface area contributed by atoms with Gasteiger partial charge in [-0.2, -0.15) is 13.2 Å². The summed E-state index contributed by atoms with van der Waals surface area (Å²) in [4.78, 5) is 7.76. The van der Waals surface area contributed by atoms with Gasteiger partial charge in [0, 0.05) is 11.6 Å². The van der Waals surface area contributed by atoms with Crippen LogP contribution in [0.15, 0.2) is 42.6 Å². The van der Waals surface area contributed by atoms with E-state index in [0.717, 1.165) is 4.68 Å². The van der Waals surface area contributed by atoms with Crippen LogP contribution >= 0.6 is 0 Å². The van der Waals surface area contributed by atoms with E-state index < -0.39 is 12.0 Å². The molecule has 0 saturated carbocycles. The van der Waals surface area contributed by atoms with Gasteiger partial charge in [0.25, 0.3) is 5.82 Å². The smallest absolute Gasteiger partial charge is 0.453 e. The summed E-state index contributed by atoms with van der Waals surface area (Å²) in [6.07, 6.45) is -3.35. The van der Waals surface area contributed by atoms with Crippen molar-refractivity contribution in [1.82, 2.24) is 19.7 Å². The van der Waals surface area contributed by atoms with Gasteiger partial charge in [0.2, 0.25) is 5.88 Å². The lowest BCUT2D eigenvalue weighted by atomic mass is 9.90. The van der Waals surface area contributed by atoms with Crippen LogP contribution in [0.25, 0.3) is 17.1 Å². The molecule has 30 heavy (non-hydrogen) atoms. The van der Waals surface area contributed by atoms with Crippen LogP contribution in [0.3, 0.4) is 0 Å². The molecule has 0 fully saturated rings. The van der Waals surface area contributed by atoms with Gasteiger partial charge in [0.15, 0.2) is 5.82 Å². The fourth-order valence-corrected chi connectivity index (χ4v) is 2.48. The number of benzene rings is 1. The zero-order valence-corrected chi connectivity index (χ0v) is 17.4. The zero-order valence-electron chi connectivity index (χ0n) is 17.4. The summed E-state index contributed by atoms with van der Waals surface area (Å²) in [7, 11) is 1.45. The van der Waals surface area contributed by atoms with E-state index in [2.05, 4.69) is 35.8 Å². The summed E-state index contributed by atoms with van der Waals surface area (Å²) in [5, 5.41) is 3.66. The maximum absolute atomic E-state index is 13.3. The van der Waals surface area contributed by atoms with Crippen LogP contribution in [0.1, 0.15) is 33.5 Å². The topological polar surface area (TPSA) is 62.1 Å². The summed E-state index contributed by atoms with van der Waals surface area (Å²) >= 11 is 0. The molecule has 0 N–H and O–H groups in total. The van der Waals surface area contributed by atoms with E-state index in [9.17, 15) is 13.2 Å². The highest BCUT2D eigenvalue weighted by Gasteiger charge is 2.37. The van der Waals surface area contributed by atoms with Crippen LogP contribution < -0.4 is 9.47 Å². The molecule has 0 aliphatic carbocycles. The third kappa shape index (κ3) is 4.72. The van der Waals surface area contributed by atoms with Crippen molar-refractivity contribution >= 4 is 0 Å². The Morgan fingerprint density at radius 2 is 1.67 bits per heavy atom. The van der Waals surface area contributed by atoms with Crippen LogP contribution in [0.5, 0.6) is 11.6 Å². The summed E-state index contributed by atoms with van der Waals surface area (Å²) in [6.45, 7) is 8.17. The van der Waals surface area contributed by atoms with E-state index in [1.807, 2.05) is 6.92 Å². The molecule has 2 heterocycles. The second-order valence-corrected chi connectivity index (χ2v) is 7.88. The van der Waals surface area contributed by atoms with Crippen LogP contribution in [0.4, 0.5) is 13.2 Å². The molecule has 0 aliphatic heterocycles. The van der Waals surface area contributed by atoms with Crippen molar-refractivity contribution < 1.29 is 22.6 Å². The van der Waals surface area contributed by atoms with Crippen LogP contribution in [-0.2, 0) is 6.18 Å². The third-order valence-corrected chi connectivity index (χ3v) is 4.68. The Labute approximate surface area is 172 Å². The predicted molar refractivity (Wildman–Crippen MR) is 106 cm³/mol. The Balaban J connectivity index is 1.98. The molecule has 0 radical (unpaired) electrons. The van der Waals surface area contributed by atoms with Crippen molar-refractivity contribution in [2.24, 2.45) is 5.41 Å². The van der Waals surface area contributed by atoms with Crippen molar-refractivity contribution in [3.8, 4) is 28.7 Å². The first-order chi connectivity index (χ1) is 14.0. The number of alkyl halides is 3. The Kier molecular flexibility index (Phi) is 5.74. The minimum Gasteiger partial charge on any atom is -0.490 e.